The first kappa shape index (κ1) is 30.0. The van der Waals surface area contributed by atoms with E-state index in [1.165, 1.54) is 129 Å². The van der Waals surface area contributed by atoms with E-state index in [4.69, 9.17) is 0 Å². The van der Waals surface area contributed by atoms with Crippen LogP contribution in [-0.2, 0) is 0 Å². The van der Waals surface area contributed by atoms with Gasteiger partial charge in [0.25, 0.3) is 0 Å². The second-order valence-corrected chi connectivity index (χ2v) is 16.5. The van der Waals surface area contributed by atoms with E-state index in [2.05, 4.69) is 165 Å². The normalized spacial score (nSPS) is 12.4. The Bertz CT molecular complexity index is 2580. The van der Waals surface area contributed by atoms with Gasteiger partial charge in [0.15, 0.2) is 0 Å². The summed E-state index contributed by atoms with van der Waals surface area (Å²) in [5.74, 6) is 0. The molecule has 10 aromatic rings. The molecule has 0 saturated heterocycles. The summed E-state index contributed by atoms with van der Waals surface area (Å²) in [6.07, 6.45) is 0. The Hall–Kier alpha value is -2.88. The Balaban J connectivity index is 1.51. The molecule has 12 bridgehead atoms. The van der Waals surface area contributed by atoms with Gasteiger partial charge in [-0.25, -0.2) is 0 Å². The van der Waals surface area contributed by atoms with Crippen molar-refractivity contribution in [3.63, 3.8) is 0 Å². The predicted octanol–water partition coefficient (Wildman–Crippen LogP) is 9.07. The fourth-order valence-corrected chi connectivity index (χ4v) is 10.4. The predicted molar refractivity (Wildman–Crippen MR) is 240 cm³/mol. The van der Waals surface area contributed by atoms with Gasteiger partial charge in [-0.3, -0.25) is 0 Å². The molecule has 0 aliphatic rings. The summed E-state index contributed by atoms with van der Waals surface area (Å²) in [7, 11) is 18.1. The van der Waals surface area contributed by atoms with Crippen molar-refractivity contribution in [1.29, 1.82) is 0 Å². The first-order valence-corrected chi connectivity index (χ1v) is 19.4. The quantitative estimate of drug-likeness (QED) is 0.108. The molecule has 0 spiro atoms. The topological polar surface area (TPSA) is 0 Å². The van der Waals surface area contributed by atoms with Crippen LogP contribution in [0.25, 0.3) is 97.0 Å². The molecule has 10 rings (SSSR count). The van der Waals surface area contributed by atoms with Crippen molar-refractivity contribution >= 4 is 184 Å². The molecule has 0 amide bonds. The maximum Gasteiger partial charge on any atom is -0.00923 e. The average molecular weight is 721 g/mol. The Kier molecular flexibility index (Phi) is 6.75. The fraction of sp³-hybridized carbons (Fsp3) is 0. The lowest BCUT2D eigenvalue weighted by molar-refractivity contribution is 1.84. The van der Waals surface area contributed by atoms with Gasteiger partial charge >= 0.3 is 0 Å². The molecule has 6 atom stereocenters. The fourth-order valence-electron chi connectivity index (χ4n) is 7.96. The van der Waals surface area contributed by atoms with Crippen LogP contribution >= 0.6 is 55.4 Å². The van der Waals surface area contributed by atoms with Crippen LogP contribution in [0.4, 0.5) is 0 Å². The van der Waals surface area contributed by atoms with Gasteiger partial charge in [0.05, 0.1) is 0 Å². The number of benzene rings is 9. The van der Waals surface area contributed by atoms with Crippen molar-refractivity contribution in [1.82, 2.24) is 0 Å². The molecule has 0 fully saturated rings. The van der Waals surface area contributed by atoms with Crippen LogP contribution < -0.4 is 31.8 Å². The van der Waals surface area contributed by atoms with E-state index in [1.54, 1.807) is 0 Å². The van der Waals surface area contributed by atoms with Crippen molar-refractivity contribution in [2.24, 2.45) is 0 Å². The summed E-state index contributed by atoms with van der Waals surface area (Å²) in [6, 6.07) is 42.0. The zero-order valence-corrected chi connectivity index (χ0v) is 32.8. The molecule has 0 N–H and O–H groups in total. The summed E-state index contributed by atoms with van der Waals surface area (Å²) in [4.78, 5) is 0. The van der Waals surface area contributed by atoms with Gasteiger partial charge in [-0.1, -0.05) is 72.8 Å². The zero-order chi connectivity index (χ0) is 32.6. The van der Waals surface area contributed by atoms with Crippen molar-refractivity contribution in [3.8, 4) is 0 Å². The molecule has 48 heavy (non-hydrogen) atoms. The van der Waals surface area contributed by atoms with E-state index in [9.17, 15) is 0 Å². The van der Waals surface area contributed by atoms with Crippen LogP contribution in [-0.4, -0.2) is 0 Å². The minimum atomic E-state index is 1.23. The van der Waals surface area contributed by atoms with Gasteiger partial charge in [-0.15, -0.1) is 55.4 Å². The highest BCUT2D eigenvalue weighted by atomic mass is 31.0. The van der Waals surface area contributed by atoms with Gasteiger partial charge < -0.3 is 0 Å². The Morgan fingerprint density at radius 2 is 0.333 bits per heavy atom. The minimum Gasteiger partial charge on any atom is -0.104 e. The van der Waals surface area contributed by atoms with E-state index in [0.717, 1.165) is 0 Å². The highest BCUT2D eigenvalue weighted by molar-refractivity contribution is 7.38. The lowest BCUT2D eigenvalue weighted by atomic mass is 9.94. The summed E-state index contributed by atoms with van der Waals surface area (Å²) in [5.41, 5.74) is 0. The van der Waals surface area contributed by atoms with E-state index < -0.39 is 0 Å². The van der Waals surface area contributed by atoms with E-state index in [0.29, 0.717) is 0 Å². The Morgan fingerprint density at radius 1 is 0.188 bits per heavy atom. The molecule has 6 unspecified atom stereocenters. The molecule has 0 aliphatic carbocycles. The molecule has 0 aromatic heterocycles. The number of hydrogen-bond donors (Lipinski definition) is 0. The summed E-state index contributed by atoms with van der Waals surface area (Å²) < 4.78 is 0. The molecule has 6 heteroatoms. The van der Waals surface area contributed by atoms with Crippen molar-refractivity contribution < 1.29 is 0 Å². The summed E-state index contributed by atoms with van der Waals surface area (Å²) in [5, 5.41) is 30.0. The maximum absolute atomic E-state index is 3.01. The Morgan fingerprint density at radius 3 is 0.479 bits per heavy atom. The molecular weight excluding hydrogens is 690 g/mol. The van der Waals surface area contributed by atoms with Gasteiger partial charge in [0.1, 0.15) is 0 Å². The molecule has 0 radical (unpaired) electrons. The first-order chi connectivity index (χ1) is 23.3. The van der Waals surface area contributed by atoms with Crippen LogP contribution in [0.15, 0.2) is 109 Å². The van der Waals surface area contributed by atoms with Crippen LogP contribution in [0.1, 0.15) is 0 Å². The lowest BCUT2D eigenvalue weighted by Crippen LogP contribution is -2.14. The number of hydrogen-bond acceptors (Lipinski definition) is 0. The molecule has 0 nitrogen and oxygen atoms in total. The SMILES string of the molecule is Pc1c(P)c2ccc3cc2c2cc(ccc12)c1ccc2c(P)c(P)c4ccc(cc4c2c1)c1ccc2c(P)c(P)c4ccc3cc4c2c1. The Labute approximate surface area is 292 Å². The lowest BCUT2D eigenvalue weighted by Gasteiger charge is -2.15. The van der Waals surface area contributed by atoms with E-state index >= 15 is 0 Å². The molecule has 0 aliphatic heterocycles. The molecular formula is C42H30P6. The molecule has 0 saturated carbocycles. The van der Waals surface area contributed by atoms with E-state index in [1.807, 2.05) is 0 Å². The van der Waals surface area contributed by atoms with Crippen molar-refractivity contribution in [3.05, 3.63) is 109 Å². The number of rotatable bonds is 0. The molecule has 10 aromatic carbocycles. The molecule has 228 valence electrons. The van der Waals surface area contributed by atoms with Crippen molar-refractivity contribution in [2.45, 2.75) is 0 Å². The van der Waals surface area contributed by atoms with Gasteiger partial charge in [-0.05, 0) is 165 Å². The highest BCUT2D eigenvalue weighted by Crippen LogP contribution is 2.35. The largest absolute Gasteiger partial charge is 0.104 e. The van der Waals surface area contributed by atoms with Crippen LogP contribution in [0.2, 0.25) is 0 Å². The third-order valence-corrected chi connectivity index (χ3v) is 15.3. The maximum atomic E-state index is 3.01. The third kappa shape index (κ3) is 4.19. The first-order valence-electron chi connectivity index (χ1n) is 15.9. The smallest absolute Gasteiger partial charge is 0.00923 e. The standard InChI is InChI=1S/C42H30P6/c43-37-25-7-1-19-13-31(25)33-15-21(3-9-27(33)38(37)44)23-5-11-29-35(17-23)36-18-24(6-12-30(36)42(48)41(29)47)22-4-10-28-34(16-22)32-14-20(19)2-8-26(32)39(45)40(28)46/h1-18H,43-48H2. The van der Waals surface area contributed by atoms with E-state index in [-0.39, 0.29) is 0 Å². The number of fused-ring (bicyclic) bond motifs is 9. The second kappa shape index (κ2) is 10.8. The average Bonchev–Trinajstić information content (AvgIpc) is 3.13. The van der Waals surface area contributed by atoms with Crippen LogP contribution in [0.5, 0.6) is 0 Å². The van der Waals surface area contributed by atoms with Crippen LogP contribution in [0.3, 0.4) is 0 Å². The third-order valence-electron chi connectivity index (χ3n) is 10.6. The summed E-state index contributed by atoms with van der Waals surface area (Å²) >= 11 is 0. The summed E-state index contributed by atoms with van der Waals surface area (Å²) in [6.45, 7) is 0. The minimum absolute atomic E-state index is 1.23. The van der Waals surface area contributed by atoms with Gasteiger partial charge in [0, 0.05) is 0 Å². The van der Waals surface area contributed by atoms with Crippen molar-refractivity contribution in [2.75, 3.05) is 0 Å². The second-order valence-electron chi connectivity index (χ2n) is 13.0. The van der Waals surface area contributed by atoms with Gasteiger partial charge in [-0.2, -0.15) is 0 Å². The molecule has 0 heterocycles. The van der Waals surface area contributed by atoms with Crippen LogP contribution in [0, 0.1) is 0 Å². The van der Waals surface area contributed by atoms with Gasteiger partial charge in [0.2, 0.25) is 0 Å². The highest BCUT2D eigenvalue weighted by Gasteiger charge is 2.14. The zero-order valence-electron chi connectivity index (χ0n) is 25.9. The monoisotopic (exact) mass is 720 g/mol.